The van der Waals surface area contributed by atoms with Crippen molar-refractivity contribution in [2.45, 2.75) is 26.4 Å². The maximum absolute atomic E-state index is 11.9. The Hall–Kier alpha value is -3.61. The number of nitrogens with zero attached hydrogens (tertiary/aromatic N) is 2. The standard InChI is InChI=1S/C21H21N5O2/c1-21(2,3)28-20(27)22-14-10-8-13(9-11-14)17-12-18(26-25-17)19-23-15-6-4-5-7-16(15)24-19/h4-12H,1-3H3,(H,22,27)(H,23,24)(H,25,26). The summed E-state index contributed by atoms with van der Waals surface area (Å²) in [6.45, 7) is 5.48. The summed E-state index contributed by atoms with van der Waals surface area (Å²) in [5, 5.41) is 10.1. The summed E-state index contributed by atoms with van der Waals surface area (Å²) in [7, 11) is 0. The number of imidazole rings is 1. The van der Waals surface area contributed by atoms with Gasteiger partial charge < -0.3 is 9.72 Å². The molecule has 0 aliphatic carbocycles. The number of fused-ring (bicyclic) bond motifs is 1. The lowest BCUT2D eigenvalue weighted by Gasteiger charge is -2.19. The highest BCUT2D eigenvalue weighted by Gasteiger charge is 2.16. The number of amides is 1. The Morgan fingerprint density at radius 1 is 1.07 bits per heavy atom. The quantitative estimate of drug-likeness (QED) is 0.471. The first-order chi connectivity index (χ1) is 13.4. The zero-order chi connectivity index (χ0) is 19.7. The van der Waals surface area contributed by atoms with E-state index in [1.807, 2.05) is 75.4 Å². The molecule has 3 N–H and O–H groups in total. The summed E-state index contributed by atoms with van der Waals surface area (Å²) >= 11 is 0. The third-order valence-corrected chi connectivity index (χ3v) is 4.05. The Kier molecular flexibility index (Phi) is 4.35. The van der Waals surface area contributed by atoms with Crippen LogP contribution in [0.2, 0.25) is 0 Å². The fourth-order valence-corrected chi connectivity index (χ4v) is 2.82. The van der Waals surface area contributed by atoms with Gasteiger partial charge in [-0.1, -0.05) is 24.3 Å². The van der Waals surface area contributed by atoms with Crippen LogP contribution in [0.15, 0.2) is 54.6 Å². The lowest BCUT2D eigenvalue weighted by atomic mass is 10.1. The summed E-state index contributed by atoms with van der Waals surface area (Å²) < 4.78 is 5.26. The van der Waals surface area contributed by atoms with E-state index in [2.05, 4.69) is 25.5 Å². The zero-order valence-electron chi connectivity index (χ0n) is 15.9. The number of para-hydroxylation sites is 2. The molecule has 1 amide bonds. The van der Waals surface area contributed by atoms with E-state index in [4.69, 9.17) is 4.74 Å². The van der Waals surface area contributed by atoms with Crippen LogP contribution in [0.5, 0.6) is 0 Å². The Morgan fingerprint density at radius 3 is 2.54 bits per heavy atom. The summed E-state index contributed by atoms with van der Waals surface area (Å²) in [6.07, 6.45) is -0.478. The van der Waals surface area contributed by atoms with Crippen molar-refractivity contribution in [1.82, 2.24) is 20.2 Å². The number of hydrogen-bond donors (Lipinski definition) is 3. The molecule has 0 aliphatic heterocycles. The highest BCUT2D eigenvalue weighted by Crippen LogP contribution is 2.25. The van der Waals surface area contributed by atoms with E-state index >= 15 is 0 Å². The third-order valence-electron chi connectivity index (χ3n) is 4.05. The highest BCUT2D eigenvalue weighted by molar-refractivity contribution is 5.85. The second-order valence-electron chi connectivity index (χ2n) is 7.47. The molecule has 0 atom stereocenters. The van der Waals surface area contributed by atoms with E-state index in [-0.39, 0.29) is 0 Å². The Morgan fingerprint density at radius 2 is 1.82 bits per heavy atom. The normalized spacial score (nSPS) is 11.5. The molecular formula is C21H21N5O2. The van der Waals surface area contributed by atoms with Gasteiger partial charge in [0.15, 0.2) is 5.82 Å². The summed E-state index contributed by atoms with van der Waals surface area (Å²) in [4.78, 5) is 19.7. The number of H-pyrrole nitrogens is 2. The van der Waals surface area contributed by atoms with Crippen molar-refractivity contribution in [1.29, 1.82) is 0 Å². The number of ether oxygens (including phenoxy) is 1. The fourth-order valence-electron chi connectivity index (χ4n) is 2.82. The second-order valence-corrected chi connectivity index (χ2v) is 7.47. The lowest BCUT2D eigenvalue weighted by molar-refractivity contribution is 0.0636. The molecule has 142 valence electrons. The molecule has 7 heteroatoms. The van der Waals surface area contributed by atoms with Crippen LogP contribution < -0.4 is 5.32 Å². The van der Waals surface area contributed by atoms with Crippen molar-refractivity contribution in [2.24, 2.45) is 0 Å². The van der Waals surface area contributed by atoms with Crippen molar-refractivity contribution in [3.8, 4) is 22.8 Å². The average Bonchev–Trinajstić information content (AvgIpc) is 3.27. The number of hydrogen-bond acceptors (Lipinski definition) is 4. The van der Waals surface area contributed by atoms with Gasteiger partial charge in [-0.05, 0) is 56.7 Å². The smallest absolute Gasteiger partial charge is 0.412 e. The van der Waals surface area contributed by atoms with E-state index in [1.54, 1.807) is 0 Å². The SMILES string of the molecule is CC(C)(C)OC(=O)Nc1ccc(-c2cc(-c3nc4ccccc4[nH]3)n[nH]2)cc1. The molecule has 0 saturated heterocycles. The van der Waals surface area contributed by atoms with E-state index in [0.29, 0.717) is 11.5 Å². The van der Waals surface area contributed by atoms with Gasteiger partial charge in [0.25, 0.3) is 0 Å². The third kappa shape index (κ3) is 3.88. The van der Waals surface area contributed by atoms with Gasteiger partial charge in [0.2, 0.25) is 0 Å². The minimum atomic E-state index is -0.535. The van der Waals surface area contributed by atoms with Gasteiger partial charge in [0, 0.05) is 5.69 Å². The maximum Gasteiger partial charge on any atom is 0.412 e. The fraction of sp³-hybridized carbons (Fsp3) is 0.190. The summed E-state index contributed by atoms with van der Waals surface area (Å²) in [5.74, 6) is 0.715. The Labute approximate surface area is 162 Å². The molecule has 4 rings (SSSR count). The average molecular weight is 375 g/mol. The van der Waals surface area contributed by atoms with Crippen LogP contribution in [-0.4, -0.2) is 31.9 Å². The summed E-state index contributed by atoms with van der Waals surface area (Å²) in [5.41, 5.74) is 4.55. The first-order valence-corrected chi connectivity index (χ1v) is 8.98. The van der Waals surface area contributed by atoms with Gasteiger partial charge in [-0.25, -0.2) is 9.78 Å². The van der Waals surface area contributed by atoms with Crippen LogP contribution in [0.1, 0.15) is 20.8 Å². The van der Waals surface area contributed by atoms with Crippen LogP contribution in [0.25, 0.3) is 33.8 Å². The van der Waals surface area contributed by atoms with Gasteiger partial charge in [-0.15, -0.1) is 0 Å². The first-order valence-electron chi connectivity index (χ1n) is 8.98. The minimum absolute atomic E-state index is 0.478. The number of nitrogens with one attached hydrogen (secondary N) is 3. The number of rotatable bonds is 3. The Bertz CT molecular complexity index is 1090. The Balaban J connectivity index is 1.50. The number of aromatic amines is 2. The van der Waals surface area contributed by atoms with Crippen LogP contribution in [-0.2, 0) is 4.74 Å². The molecule has 0 spiro atoms. The topological polar surface area (TPSA) is 95.7 Å². The molecule has 28 heavy (non-hydrogen) atoms. The second kappa shape index (κ2) is 6.84. The van der Waals surface area contributed by atoms with E-state index in [9.17, 15) is 4.79 Å². The van der Waals surface area contributed by atoms with Crippen LogP contribution in [0, 0.1) is 0 Å². The van der Waals surface area contributed by atoms with Crippen molar-refractivity contribution in [3.05, 3.63) is 54.6 Å². The van der Waals surface area contributed by atoms with E-state index < -0.39 is 11.7 Å². The molecule has 0 saturated carbocycles. The predicted molar refractivity (Wildman–Crippen MR) is 109 cm³/mol. The van der Waals surface area contributed by atoms with Crippen molar-refractivity contribution >= 4 is 22.8 Å². The van der Waals surface area contributed by atoms with Crippen molar-refractivity contribution in [3.63, 3.8) is 0 Å². The van der Waals surface area contributed by atoms with E-state index in [0.717, 1.165) is 28.0 Å². The molecule has 0 aliphatic rings. The molecular weight excluding hydrogens is 354 g/mol. The summed E-state index contributed by atoms with van der Waals surface area (Å²) in [6, 6.07) is 17.2. The zero-order valence-corrected chi connectivity index (χ0v) is 15.9. The molecule has 2 aromatic heterocycles. The molecule has 2 heterocycles. The lowest BCUT2D eigenvalue weighted by Crippen LogP contribution is -2.27. The molecule has 0 fully saturated rings. The maximum atomic E-state index is 11.9. The van der Waals surface area contributed by atoms with Crippen molar-refractivity contribution < 1.29 is 9.53 Å². The largest absolute Gasteiger partial charge is 0.444 e. The van der Waals surface area contributed by atoms with Crippen molar-refractivity contribution in [2.75, 3.05) is 5.32 Å². The van der Waals surface area contributed by atoms with Crippen LogP contribution in [0.4, 0.5) is 10.5 Å². The number of carbonyl (C=O) groups excluding carboxylic acids is 1. The van der Waals surface area contributed by atoms with Gasteiger partial charge in [-0.3, -0.25) is 10.4 Å². The van der Waals surface area contributed by atoms with E-state index in [1.165, 1.54) is 0 Å². The van der Waals surface area contributed by atoms with Crippen LogP contribution in [0.3, 0.4) is 0 Å². The predicted octanol–water partition coefficient (Wildman–Crippen LogP) is 4.97. The number of anilines is 1. The monoisotopic (exact) mass is 375 g/mol. The molecule has 0 bridgehead atoms. The number of aromatic nitrogens is 4. The first kappa shape index (κ1) is 17.8. The minimum Gasteiger partial charge on any atom is -0.444 e. The molecule has 0 radical (unpaired) electrons. The molecule has 2 aromatic carbocycles. The molecule has 0 unspecified atom stereocenters. The highest BCUT2D eigenvalue weighted by atomic mass is 16.6. The van der Waals surface area contributed by atoms with Crippen LogP contribution >= 0.6 is 0 Å². The molecule has 7 nitrogen and oxygen atoms in total. The number of benzene rings is 2. The molecule has 4 aromatic rings. The van der Waals surface area contributed by atoms with Gasteiger partial charge >= 0.3 is 6.09 Å². The van der Waals surface area contributed by atoms with Gasteiger partial charge in [0.1, 0.15) is 11.3 Å². The van der Waals surface area contributed by atoms with Gasteiger partial charge in [0.05, 0.1) is 16.7 Å². The van der Waals surface area contributed by atoms with Gasteiger partial charge in [-0.2, -0.15) is 5.10 Å². The number of carbonyl (C=O) groups is 1.